The van der Waals surface area contributed by atoms with Crippen LogP contribution in [0.5, 0.6) is 0 Å². The van der Waals surface area contributed by atoms with Crippen molar-refractivity contribution in [2.75, 3.05) is 38.0 Å². The van der Waals surface area contributed by atoms with E-state index in [0.717, 1.165) is 5.69 Å². The van der Waals surface area contributed by atoms with Crippen LogP contribution in [0.4, 0.5) is 17.5 Å². The fraction of sp³-hybridized carbons (Fsp3) is 0.286. The molecule has 0 amide bonds. The second kappa shape index (κ2) is 7.89. The third-order valence-electron chi connectivity index (χ3n) is 2.73. The van der Waals surface area contributed by atoms with E-state index >= 15 is 0 Å². The largest absolute Gasteiger partial charge is 0.465 e. The summed E-state index contributed by atoms with van der Waals surface area (Å²) in [5.74, 6) is 0.578. The van der Waals surface area contributed by atoms with Crippen molar-refractivity contribution in [2.24, 2.45) is 0 Å². The van der Waals surface area contributed by atoms with Gasteiger partial charge in [-0.1, -0.05) is 0 Å². The minimum Gasteiger partial charge on any atom is -0.465 e. The molecule has 0 aliphatic rings. The first kappa shape index (κ1) is 15.6. The highest BCUT2D eigenvalue weighted by Crippen LogP contribution is 2.15. The van der Waals surface area contributed by atoms with Gasteiger partial charge in [0.25, 0.3) is 0 Å². The number of carbonyl (C=O) groups excluding carboxylic acids is 1. The molecule has 0 fully saturated rings. The van der Waals surface area contributed by atoms with E-state index in [-0.39, 0.29) is 5.97 Å². The summed E-state index contributed by atoms with van der Waals surface area (Å²) in [5.41, 5.74) is 1.26. The minimum atomic E-state index is -0.375. The molecule has 8 heteroatoms. The Hall–Kier alpha value is -2.74. The number of methoxy groups -OCH3 is 2. The molecule has 2 aromatic rings. The van der Waals surface area contributed by atoms with Crippen LogP contribution in [0.15, 0.2) is 30.5 Å². The monoisotopic (exact) mass is 303 g/mol. The van der Waals surface area contributed by atoms with Gasteiger partial charge >= 0.3 is 5.97 Å². The summed E-state index contributed by atoms with van der Waals surface area (Å²) in [7, 11) is 2.97. The average Bonchev–Trinajstić information content (AvgIpc) is 2.55. The van der Waals surface area contributed by atoms with Crippen LogP contribution in [0.1, 0.15) is 10.4 Å². The van der Waals surface area contributed by atoms with Gasteiger partial charge < -0.3 is 20.1 Å². The zero-order valence-electron chi connectivity index (χ0n) is 12.4. The predicted octanol–water partition coefficient (Wildman–Crippen LogP) is 1.46. The number of rotatable bonds is 7. The van der Waals surface area contributed by atoms with Crippen LogP contribution < -0.4 is 10.6 Å². The molecule has 0 saturated carbocycles. The standard InChI is InChI=1S/C14H17N5O3/c1-21-8-7-15-14-18-12(9-16-19-14)17-11-5-3-10(4-6-11)13(20)22-2/h3-6,9H,7-8H2,1-2H3,(H2,15,17,18,19). The molecule has 0 radical (unpaired) electrons. The topological polar surface area (TPSA) is 98.3 Å². The first-order valence-corrected chi connectivity index (χ1v) is 6.61. The van der Waals surface area contributed by atoms with Gasteiger partial charge in [-0.3, -0.25) is 0 Å². The summed E-state index contributed by atoms with van der Waals surface area (Å²) in [6.07, 6.45) is 1.51. The van der Waals surface area contributed by atoms with E-state index in [1.165, 1.54) is 13.3 Å². The van der Waals surface area contributed by atoms with E-state index in [4.69, 9.17) is 4.74 Å². The van der Waals surface area contributed by atoms with Crippen molar-refractivity contribution in [1.82, 2.24) is 15.2 Å². The molecule has 0 atom stereocenters. The third-order valence-corrected chi connectivity index (χ3v) is 2.73. The van der Waals surface area contributed by atoms with Crippen LogP contribution in [0, 0.1) is 0 Å². The Bertz CT molecular complexity index is 618. The summed E-state index contributed by atoms with van der Waals surface area (Å²) in [6.45, 7) is 1.14. The average molecular weight is 303 g/mol. The van der Waals surface area contributed by atoms with E-state index < -0.39 is 0 Å². The molecule has 2 rings (SSSR count). The van der Waals surface area contributed by atoms with Crippen LogP contribution in [-0.4, -0.2) is 48.5 Å². The van der Waals surface area contributed by atoms with Crippen LogP contribution in [0.2, 0.25) is 0 Å². The van der Waals surface area contributed by atoms with E-state index in [2.05, 4.69) is 30.6 Å². The molecule has 2 N–H and O–H groups in total. The van der Waals surface area contributed by atoms with E-state index in [0.29, 0.717) is 30.5 Å². The van der Waals surface area contributed by atoms with Gasteiger partial charge in [-0.05, 0) is 24.3 Å². The summed E-state index contributed by atoms with van der Waals surface area (Å²) < 4.78 is 9.59. The van der Waals surface area contributed by atoms with Crippen molar-refractivity contribution in [3.8, 4) is 0 Å². The van der Waals surface area contributed by atoms with Crippen molar-refractivity contribution in [2.45, 2.75) is 0 Å². The number of benzene rings is 1. The quantitative estimate of drug-likeness (QED) is 0.586. The van der Waals surface area contributed by atoms with Gasteiger partial charge in [0.1, 0.15) is 0 Å². The molecule has 0 spiro atoms. The summed E-state index contributed by atoms with van der Waals surface area (Å²) in [5, 5.41) is 13.8. The van der Waals surface area contributed by atoms with Crippen molar-refractivity contribution in [1.29, 1.82) is 0 Å². The molecule has 22 heavy (non-hydrogen) atoms. The predicted molar refractivity (Wildman–Crippen MR) is 81.3 cm³/mol. The van der Waals surface area contributed by atoms with E-state index in [1.807, 2.05) is 0 Å². The van der Waals surface area contributed by atoms with Crippen molar-refractivity contribution >= 4 is 23.4 Å². The lowest BCUT2D eigenvalue weighted by Gasteiger charge is -2.08. The maximum atomic E-state index is 11.4. The van der Waals surface area contributed by atoms with Gasteiger partial charge in [-0.25, -0.2) is 4.79 Å². The highest BCUT2D eigenvalue weighted by molar-refractivity contribution is 5.89. The van der Waals surface area contributed by atoms with Crippen molar-refractivity contribution in [3.05, 3.63) is 36.0 Å². The lowest BCUT2D eigenvalue weighted by molar-refractivity contribution is 0.0601. The SMILES string of the molecule is COCCNc1nncc(Nc2ccc(C(=O)OC)cc2)n1. The number of hydrogen-bond donors (Lipinski definition) is 2. The number of aromatic nitrogens is 3. The molecule has 116 valence electrons. The maximum Gasteiger partial charge on any atom is 0.337 e. The van der Waals surface area contributed by atoms with Gasteiger partial charge in [-0.15, -0.1) is 5.10 Å². The van der Waals surface area contributed by atoms with Crippen LogP contribution in [0.3, 0.4) is 0 Å². The smallest absolute Gasteiger partial charge is 0.337 e. The number of esters is 1. The zero-order valence-corrected chi connectivity index (χ0v) is 12.4. The van der Waals surface area contributed by atoms with Gasteiger partial charge in [0, 0.05) is 19.3 Å². The van der Waals surface area contributed by atoms with Crippen molar-refractivity contribution in [3.63, 3.8) is 0 Å². The molecule has 0 saturated heterocycles. The minimum absolute atomic E-state index is 0.375. The number of ether oxygens (including phenoxy) is 2. The van der Waals surface area contributed by atoms with E-state index in [9.17, 15) is 4.79 Å². The lowest BCUT2D eigenvalue weighted by Crippen LogP contribution is -2.11. The molecule has 1 aromatic carbocycles. The van der Waals surface area contributed by atoms with E-state index in [1.54, 1.807) is 31.4 Å². The number of carbonyl (C=O) groups is 1. The Labute approximate surface area is 127 Å². The summed E-state index contributed by atoms with van der Waals surface area (Å²) in [6, 6.07) is 6.85. The highest BCUT2D eigenvalue weighted by Gasteiger charge is 2.05. The van der Waals surface area contributed by atoms with Gasteiger partial charge in [-0.2, -0.15) is 10.1 Å². The molecule has 0 bridgehead atoms. The molecular formula is C14H17N5O3. The first-order chi connectivity index (χ1) is 10.7. The number of hydrogen-bond acceptors (Lipinski definition) is 8. The molecular weight excluding hydrogens is 286 g/mol. The Morgan fingerprint density at radius 1 is 1.23 bits per heavy atom. The molecule has 1 aromatic heterocycles. The number of nitrogens with one attached hydrogen (secondary N) is 2. The van der Waals surface area contributed by atoms with Crippen molar-refractivity contribution < 1.29 is 14.3 Å². The Morgan fingerprint density at radius 2 is 2.00 bits per heavy atom. The fourth-order valence-corrected chi connectivity index (χ4v) is 1.66. The van der Waals surface area contributed by atoms with Crippen LogP contribution in [-0.2, 0) is 9.47 Å². The van der Waals surface area contributed by atoms with Crippen LogP contribution >= 0.6 is 0 Å². The zero-order chi connectivity index (χ0) is 15.8. The Kier molecular flexibility index (Phi) is 5.61. The Morgan fingerprint density at radius 3 is 2.68 bits per heavy atom. The van der Waals surface area contributed by atoms with Crippen LogP contribution in [0.25, 0.3) is 0 Å². The van der Waals surface area contributed by atoms with Gasteiger partial charge in [0.15, 0.2) is 5.82 Å². The first-order valence-electron chi connectivity index (χ1n) is 6.61. The second-order valence-corrected chi connectivity index (χ2v) is 4.28. The summed E-state index contributed by atoms with van der Waals surface area (Å²) >= 11 is 0. The van der Waals surface area contributed by atoms with Gasteiger partial charge in [0.05, 0.1) is 25.5 Å². The molecule has 0 unspecified atom stereocenters. The fourth-order valence-electron chi connectivity index (χ4n) is 1.66. The highest BCUT2D eigenvalue weighted by atomic mass is 16.5. The molecule has 0 aliphatic heterocycles. The molecule has 8 nitrogen and oxygen atoms in total. The normalized spacial score (nSPS) is 10.1. The lowest BCUT2D eigenvalue weighted by atomic mass is 10.2. The number of nitrogens with zero attached hydrogens (tertiary/aromatic N) is 3. The Balaban J connectivity index is 2.01. The summed E-state index contributed by atoms with van der Waals surface area (Å²) in [4.78, 5) is 15.6. The second-order valence-electron chi connectivity index (χ2n) is 4.28. The van der Waals surface area contributed by atoms with Gasteiger partial charge in [0.2, 0.25) is 5.95 Å². The maximum absolute atomic E-state index is 11.4. The molecule has 1 heterocycles. The molecule has 0 aliphatic carbocycles. The third kappa shape index (κ3) is 4.38. The number of anilines is 3.